The maximum Gasteiger partial charge on any atom is 0.231 e. The fourth-order valence-corrected chi connectivity index (χ4v) is 2.64. The molecule has 22 heavy (non-hydrogen) atoms. The highest BCUT2D eigenvalue weighted by molar-refractivity contribution is 5.91. The molecule has 2 heterocycles. The van der Waals surface area contributed by atoms with Crippen LogP contribution in [0.3, 0.4) is 0 Å². The van der Waals surface area contributed by atoms with Crippen LogP contribution in [-0.4, -0.2) is 28.2 Å². The Morgan fingerprint density at radius 2 is 2.41 bits per heavy atom. The second-order valence-corrected chi connectivity index (χ2v) is 5.42. The molecule has 115 valence electrons. The van der Waals surface area contributed by atoms with E-state index in [2.05, 4.69) is 26.9 Å². The van der Waals surface area contributed by atoms with Crippen LogP contribution < -0.4 is 10.1 Å². The summed E-state index contributed by atoms with van der Waals surface area (Å²) >= 11 is 0. The standard InChI is InChI=1S/C16H19N4O2/c1-22-13-7-6-12(17-10-13)8-16(21)18-15-9-14(19-20-15)11-4-2-3-5-11/h2,6-7,9-11H,3-5,8H2,1H3,(H2,18,19,20,21)/t11-/m0/s1. The van der Waals surface area contributed by atoms with Gasteiger partial charge in [-0.1, -0.05) is 0 Å². The van der Waals surface area contributed by atoms with E-state index in [1.807, 2.05) is 6.07 Å². The lowest BCUT2D eigenvalue weighted by Crippen LogP contribution is -2.15. The molecule has 1 radical (unpaired) electrons. The summed E-state index contributed by atoms with van der Waals surface area (Å²) in [6.45, 7) is 0. The van der Waals surface area contributed by atoms with E-state index in [9.17, 15) is 4.79 Å². The first-order valence-electron chi connectivity index (χ1n) is 7.40. The molecule has 0 aromatic carbocycles. The van der Waals surface area contributed by atoms with Crippen LogP contribution in [-0.2, 0) is 11.2 Å². The third-order valence-electron chi connectivity index (χ3n) is 3.85. The van der Waals surface area contributed by atoms with Gasteiger partial charge in [0.15, 0.2) is 5.82 Å². The Balaban J connectivity index is 1.56. The van der Waals surface area contributed by atoms with E-state index in [1.54, 1.807) is 25.4 Å². The number of hydrogen-bond donors (Lipinski definition) is 2. The van der Waals surface area contributed by atoms with Crippen LogP contribution >= 0.6 is 0 Å². The summed E-state index contributed by atoms with van der Waals surface area (Å²) in [5.74, 6) is 1.62. The zero-order valence-corrected chi connectivity index (χ0v) is 12.5. The molecule has 6 heteroatoms. The number of hydrogen-bond acceptors (Lipinski definition) is 4. The van der Waals surface area contributed by atoms with E-state index < -0.39 is 0 Å². The molecule has 1 fully saturated rings. The minimum Gasteiger partial charge on any atom is -0.495 e. The lowest BCUT2D eigenvalue weighted by Gasteiger charge is -2.04. The van der Waals surface area contributed by atoms with Crippen molar-refractivity contribution in [3.05, 3.63) is 42.2 Å². The highest BCUT2D eigenvalue weighted by Gasteiger charge is 2.19. The largest absolute Gasteiger partial charge is 0.495 e. The first kappa shape index (κ1) is 14.6. The molecule has 0 bridgehead atoms. The van der Waals surface area contributed by atoms with Crippen LogP contribution in [0.4, 0.5) is 5.82 Å². The van der Waals surface area contributed by atoms with Crippen molar-refractivity contribution in [3.63, 3.8) is 0 Å². The molecule has 6 nitrogen and oxygen atoms in total. The van der Waals surface area contributed by atoms with Gasteiger partial charge < -0.3 is 10.1 Å². The Morgan fingerprint density at radius 1 is 1.50 bits per heavy atom. The molecule has 1 aliphatic rings. The molecule has 1 aliphatic carbocycles. The van der Waals surface area contributed by atoms with E-state index in [4.69, 9.17) is 4.74 Å². The second kappa shape index (κ2) is 6.60. The number of rotatable bonds is 5. The SMILES string of the molecule is COc1ccc(CC(=O)Nc2cc([C@H]3C[CH]CC3)[nH]n2)nc1. The average Bonchev–Trinajstić information content (AvgIpc) is 3.19. The summed E-state index contributed by atoms with van der Waals surface area (Å²) in [6, 6.07) is 5.49. The maximum atomic E-state index is 12.0. The number of H-pyrrole nitrogens is 1. The van der Waals surface area contributed by atoms with Gasteiger partial charge in [-0.05, 0) is 37.8 Å². The van der Waals surface area contributed by atoms with Crippen molar-refractivity contribution in [1.29, 1.82) is 0 Å². The Bertz CT molecular complexity index is 630. The molecule has 0 saturated heterocycles. The molecule has 0 spiro atoms. The van der Waals surface area contributed by atoms with Crippen LogP contribution in [0.2, 0.25) is 0 Å². The van der Waals surface area contributed by atoms with Crippen molar-refractivity contribution in [1.82, 2.24) is 15.2 Å². The van der Waals surface area contributed by atoms with Crippen molar-refractivity contribution in [3.8, 4) is 5.75 Å². The average molecular weight is 299 g/mol. The van der Waals surface area contributed by atoms with Crippen molar-refractivity contribution in [2.75, 3.05) is 12.4 Å². The number of aromatic amines is 1. The van der Waals surface area contributed by atoms with Gasteiger partial charge in [-0.15, -0.1) is 0 Å². The molecule has 1 atom stereocenters. The lowest BCUT2D eigenvalue weighted by molar-refractivity contribution is -0.115. The van der Waals surface area contributed by atoms with E-state index in [-0.39, 0.29) is 12.3 Å². The molecule has 2 aromatic rings. The Hall–Kier alpha value is -2.37. The van der Waals surface area contributed by atoms with Gasteiger partial charge in [0.05, 0.1) is 19.7 Å². The highest BCUT2D eigenvalue weighted by atomic mass is 16.5. The number of pyridine rings is 1. The van der Waals surface area contributed by atoms with E-state index >= 15 is 0 Å². The zero-order chi connectivity index (χ0) is 15.4. The summed E-state index contributed by atoms with van der Waals surface area (Å²) in [6.07, 6.45) is 7.47. The molecule has 2 aromatic heterocycles. The molecule has 0 aliphatic heterocycles. The molecule has 1 amide bonds. The van der Waals surface area contributed by atoms with Crippen molar-refractivity contribution in [2.45, 2.75) is 31.6 Å². The number of anilines is 1. The number of amides is 1. The predicted octanol–water partition coefficient (Wildman–Crippen LogP) is 2.47. The van der Waals surface area contributed by atoms with Gasteiger partial charge in [0.2, 0.25) is 5.91 Å². The number of carbonyl (C=O) groups excluding carboxylic acids is 1. The number of carbonyl (C=O) groups is 1. The molecule has 2 N–H and O–H groups in total. The fraction of sp³-hybridized carbons (Fsp3) is 0.375. The Kier molecular flexibility index (Phi) is 4.37. The van der Waals surface area contributed by atoms with Crippen molar-refractivity contribution >= 4 is 11.7 Å². The van der Waals surface area contributed by atoms with Crippen LogP contribution in [0, 0.1) is 6.42 Å². The maximum absolute atomic E-state index is 12.0. The number of aromatic nitrogens is 3. The minimum atomic E-state index is -0.131. The minimum absolute atomic E-state index is 0.131. The van der Waals surface area contributed by atoms with Gasteiger partial charge >= 0.3 is 0 Å². The number of nitrogens with zero attached hydrogens (tertiary/aromatic N) is 2. The van der Waals surface area contributed by atoms with Gasteiger partial charge in [-0.2, -0.15) is 5.10 Å². The fourth-order valence-electron chi connectivity index (χ4n) is 2.64. The summed E-state index contributed by atoms with van der Waals surface area (Å²) in [7, 11) is 1.58. The quantitative estimate of drug-likeness (QED) is 0.889. The van der Waals surface area contributed by atoms with Gasteiger partial charge in [0.25, 0.3) is 0 Å². The van der Waals surface area contributed by atoms with Gasteiger partial charge in [-0.25, -0.2) is 0 Å². The molecule has 3 rings (SSSR count). The molecule has 0 unspecified atom stereocenters. The van der Waals surface area contributed by atoms with Gasteiger partial charge in [0, 0.05) is 23.4 Å². The zero-order valence-electron chi connectivity index (χ0n) is 12.5. The monoisotopic (exact) mass is 299 g/mol. The van der Waals surface area contributed by atoms with Crippen LogP contribution in [0.1, 0.15) is 36.6 Å². The van der Waals surface area contributed by atoms with E-state index in [1.165, 1.54) is 0 Å². The van der Waals surface area contributed by atoms with Gasteiger partial charge in [-0.3, -0.25) is 14.9 Å². The highest BCUT2D eigenvalue weighted by Crippen LogP contribution is 2.32. The third-order valence-corrected chi connectivity index (χ3v) is 3.85. The smallest absolute Gasteiger partial charge is 0.231 e. The summed E-state index contributed by atoms with van der Waals surface area (Å²) < 4.78 is 5.04. The molecular formula is C16H19N4O2. The molecular weight excluding hydrogens is 280 g/mol. The lowest BCUT2D eigenvalue weighted by atomic mass is 10.0. The summed E-state index contributed by atoms with van der Waals surface area (Å²) in [5, 5.41) is 9.97. The normalized spacial score (nSPS) is 15.0. The molecule has 1 saturated carbocycles. The first-order chi connectivity index (χ1) is 10.7. The third kappa shape index (κ3) is 3.44. The Labute approximate surface area is 129 Å². The topological polar surface area (TPSA) is 79.9 Å². The van der Waals surface area contributed by atoms with Gasteiger partial charge in [0.1, 0.15) is 5.75 Å². The van der Waals surface area contributed by atoms with E-state index in [0.29, 0.717) is 23.2 Å². The predicted molar refractivity (Wildman–Crippen MR) is 82.6 cm³/mol. The first-order valence-corrected chi connectivity index (χ1v) is 7.40. The summed E-state index contributed by atoms with van der Waals surface area (Å²) in [4.78, 5) is 16.2. The number of methoxy groups -OCH3 is 1. The van der Waals surface area contributed by atoms with Crippen molar-refractivity contribution in [2.24, 2.45) is 0 Å². The number of ether oxygens (including phenoxy) is 1. The van der Waals surface area contributed by atoms with Crippen molar-refractivity contribution < 1.29 is 9.53 Å². The number of nitrogens with one attached hydrogen (secondary N) is 2. The van der Waals surface area contributed by atoms with Crippen LogP contribution in [0.15, 0.2) is 24.4 Å². The van der Waals surface area contributed by atoms with Crippen LogP contribution in [0.25, 0.3) is 0 Å². The Morgan fingerprint density at radius 3 is 3.09 bits per heavy atom. The second-order valence-electron chi connectivity index (χ2n) is 5.42. The summed E-state index contributed by atoms with van der Waals surface area (Å²) in [5.41, 5.74) is 1.78. The van der Waals surface area contributed by atoms with Crippen LogP contribution in [0.5, 0.6) is 5.75 Å². The van der Waals surface area contributed by atoms with E-state index in [0.717, 1.165) is 25.0 Å².